The SMILES string of the molecule is CN=C(NCCc1ccc(F)cc1)NCC1(c2ccccc2Cl)CCOCC1. The van der Waals surface area contributed by atoms with Gasteiger partial charge in [-0.05, 0) is 48.6 Å². The van der Waals surface area contributed by atoms with E-state index in [1.165, 1.54) is 12.1 Å². The van der Waals surface area contributed by atoms with E-state index in [4.69, 9.17) is 16.3 Å². The average molecular weight is 404 g/mol. The van der Waals surface area contributed by atoms with Crippen molar-refractivity contribution in [3.05, 3.63) is 70.5 Å². The Morgan fingerprint density at radius 2 is 1.82 bits per heavy atom. The summed E-state index contributed by atoms with van der Waals surface area (Å²) in [6, 6.07) is 14.6. The molecule has 4 nitrogen and oxygen atoms in total. The maximum Gasteiger partial charge on any atom is 0.191 e. The highest BCUT2D eigenvalue weighted by Gasteiger charge is 2.36. The molecule has 0 bridgehead atoms. The van der Waals surface area contributed by atoms with Gasteiger partial charge in [-0.1, -0.05) is 41.9 Å². The Hall–Kier alpha value is -2.11. The molecule has 150 valence electrons. The van der Waals surface area contributed by atoms with Gasteiger partial charge in [-0.2, -0.15) is 0 Å². The number of hydrogen-bond donors (Lipinski definition) is 2. The predicted molar refractivity (Wildman–Crippen MR) is 113 cm³/mol. The van der Waals surface area contributed by atoms with Crippen LogP contribution in [0.1, 0.15) is 24.0 Å². The maximum absolute atomic E-state index is 13.0. The van der Waals surface area contributed by atoms with Gasteiger partial charge in [0.1, 0.15) is 5.82 Å². The lowest BCUT2D eigenvalue weighted by molar-refractivity contribution is 0.0514. The second kappa shape index (κ2) is 9.89. The standard InChI is InChI=1S/C22H27ClFN3O/c1-25-21(26-13-10-17-6-8-18(24)9-7-17)27-16-22(11-14-28-15-12-22)19-4-2-3-5-20(19)23/h2-9H,10-16H2,1H3,(H2,25,26,27). The van der Waals surface area contributed by atoms with Crippen LogP contribution in [-0.2, 0) is 16.6 Å². The van der Waals surface area contributed by atoms with Crippen LogP contribution in [0.15, 0.2) is 53.5 Å². The number of aliphatic imine (C=N–C) groups is 1. The highest BCUT2D eigenvalue weighted by molar-refractivity contribution is 6.31. The molecule has 1 aliphatic heterocycles. The van der Waals surface area contributed by atoms with Crippen molar-refractivity contribution in [2.45, 2.75) is 24.7 Å². The Balaban J connectivity index is 1.60. The van der Waals surface area contributed by atoms with Crippen LogP contribution in [-0.4, -0.2) is 39.3 Å². The molecule has 0 aromatic heterocycles. The minimum Gasteiger partial charge on any atom is -0.381 e. The van der Waals surface area contributed by atoms with E-state index < -0.39 is 0 Å². The Morgan fingerprint density at radius 3 is 2.50 bits per heavy atom. The van der Waals surface area contributed by atoms with Crippen LogP contribution in [0, 0.1) is 5.82 Å². The molecule has 1 aliphatic rings. The van der Waals surface area contributed by atoms with Gasteiger partial charge in [-0.3, -0.25) is 4.99 Å². The van der Waals surface area contributed by atoms with E-state index in [0.29, 0.717) is 6.54 Å². The smallest absolute Gasteiger partial charge is 0.191 e. The lowest BCUT2D eigenvalue weighted by atomic mass is 9.74. The molecule has 0 spiro atoms. The summed E-state index contributed by atoms with van der Waals surface area (Å²) < 4.78 is 18.6. The monoisotopic (exact) mass is 403 g/mol. The van der Waals surface area contributed by atoms with Crippen molar-refractivity contribution in [3.63, 3.8) is 0 Å². The van der Waals surface area contributed by atoms with Gasteiger partial charge >= 0.3 is 0 Å². The third-order valence-electron chi connectivity index (χ3n) is 5.33. The molecule has 6 heteroatoms. The predicted octanol–water partition coefficient (Wildman–Crippen LogP) is 3.94. The molecule has 1 heterocycles. The second-order valence-electron chi connectivity index (χ2n) is 7.10. The summed E-state index contributed by atoms with van der Waals surface area (Å²) in [5.41, 5.74) is 2.17. The fourth-order valence-corrected chi connectivity index (χ4v) is 3.98. The first-order valence-corrected chi connectivity index (χ1v) is 10.0. The number of ether oxygens (including phenoxy) is 1. The zero-order chi connectivity index (χ0) is 19.8. The molecule has 3 rings (SSSR count). The molecule has 1 fully saturated rings. The summed E-state index contributed by atoms with van der Waals surface area (Å²) in [4.78, 5) is 4.34. The first-order valence-electron chi connectivity index (χ1n) is 9.65. The van der Waals surface area contributed by atoms with Crippen LogP contribution in [0.4, 0.5) is 4.39 Å². The van der Waals surface area contributed by atoms with Crippen LogP contribution in [0.5, 0.6) is 0 Å². The van der Waals surface area contributed by atoms with Gasteiger partial charge < -0.3 is 15.4 Å². The van der Waals surface area contributed by atoms with E-state index in [0.717, 1.165) is 61.1 Å². The van der Waals surface area contributed by atoms with E-state index in [1.807, 2.05) is 30.3 Å². The fourth-order valence-electron chi connectivity index (χ4n) is 3.64. The molecule has 28 heavy (non-hydrogen) atoms. The van der Waals surface area contributed by atoms with Crippen LogP contribution < -0.4 is 10.6 Å². The van der Waals surface area contributed by atoms with Crippen molar-refractivity contribution in [1.29, 1.82) is 0 Å². The van der Waals surface area contributed by atoms with Gasteiger partial charge in [0.05, 0.1) is 0 Å². The third kappa shape index (κ3) is 5.24. The van der Waals surface area contributed by atoms with Gasteiger partial charge in [0.2, 0.25) is 0 Å². The van der Waals surface area contributed by atoms with E-state index in [2.05, 4.69) is 21.7 Å². The lowest BCUT2D eigenvalue weighted by Gasteiger charge is -2.38. The molecule has 2 aromatic rings. The summed E-state index contributed by atoms with van der Waals surface area (Å²) in [5, 5.41) is 7.60. The lowest BCUT2D eigenvalue weighted by Crippen LogP contribution is -2.48. The summed E-state index contributed by atoms with van der Waals surface area (Å²) in [6.07, 6.45) is 2.62. The van der Waals surface area contributed by atoms with Gasteiger partial charge in [-0.15, -0.1) is 0 Å². The minimum atomic E-state index is -0.212. The van der Waals surface area contributed by atoms with Gasteiger partial charge in [0.15, 0.2) is 5.96 Å². The average Bonchev–Trinajstić information content (AvgIpc) is 2.73. The number of rotatable bonds is 6. The fraction of sp³-hybridized carbons (Fsp3) is 0.409. The topological polar surface area (TPSA) is 45.7 Å². The summed E-state index contributed by atoms with van der Waals surface area (Å²) in [6.45, 7) is 2.90. The highest BCUT2D eigenvalue weighted by Crippen LogP contribution is 2.38. The molecule has 2 aromatic carbocycles. The zero-order valence-corrected chi connectivity index (χ0v) is 16.9. The van der Waals surface area contributed by atoms with E-state index in [1.54, 1.807) is 7.05 Å². The molecular formula is C22H27ClFN3O. The number of hydrogen-bond acceptors (Lipinski definition) is 2. The summed E-state index contributed by atoms with van der Waals surface area (Å²) >= 11 is 6.52. The van der Waals surface area contributed by atoms with E-state index in [-0.39, 0.29) is 11.2 Å². The highest BCUT2D eigenvalue weighted by atomic mass is 35.5. The molecule has 1 saturated heterocycles. The number of nitrogens with one attached hydrogen (secondary N) is 2. The molecular weight excluding hydrogens is 377 g/mol. The Bertz CT molecular complexity index is 789. The van der Waals surface area contributed by atoms with Crippen molar-refractivity contribution in [2.24, 2.45) is 4.99 Å². The first-order chi connectivity index (χ1) is 13.6. The van der Waals surface area contributed by atoms with Crippen molar-refractivity contribution in [2.75, 3.05) is 33.4 Å². The van der Waals surface area contributed by atoms with Crippen molar-refractivity contribution < 1.29 is 9.13 Å². The summed E-state index contributed by atoms with van der Waals surface area (Å²) in [5.74, 6) is 0.538. The number of guanidine groups is 1. The normalized spacial score (nSPS) is 16.6. The van der Waals surface area contributed by atoms with E-state index >= 15 is 0 Å². The molecule has 0 aliphatic carbocycles. The molecule has 0 atom stereocenters. The van der Waals surface area contributed by atoms with Crippen molar-refractivity contribution in [1.82, 2.24) is 10.6 Å². The zero-order valence-electron chi connectivity index (χ0n) is 16.2. The Morgan fingerprint density at radius 1 is 1.11 bits per heavy atom. The first kappa shape index (κ1) is 20.6. The molecule has 0 radical (unpaired) electrons. The Kier molecular flexibility index (Phi) is 7.29. The van der Waals surface area contributed by atoms with E-state index in [9.17, 15) is 4.39 Å². The number of nitrogens with zero attached hydrogens (tertiary/aromatic N) is 1. The molecule has 0 amide bonds. The van der Waals surface area contributed by atoms with Crippen molar-refractivity contribution >= 4 is 17.6 Å². The molecule has 2 N–H and O–H groups in total. The molecule has 0 unspecified atom stereocenters. The Labute approximate surface area is 171 Å². The van der Waals surface area contributed by atoms with Crippen LogP contribution in [0.25, 0.3) is 0 Å². The minimum absolute atomic E-state index is 0.0782. The van der Waals surface area contributed by atoms with Gasteiger partial charge in [-0.25, -0.2) is 4.39 Å². The molecule has 0 saturated carbocycles. The quantitative estimate of drug-likeness (QED) is 0.567. The maximum atomic E-state index is 13.0. The van der Waals surface area contributed by atoms with Crippen molar-refractivity contribution in [3.8, 4) is 0 Å². The van der Waals surface area contributed by atoms with Gasteiger partial charge in [0.25, 0.3) is 0 Å². The van der Waals surface area contributed by atoms with Crippen LogP contribution in [0.3, 0.4) is 0 Å². The van der Waals surface area contributed by atoms with Crippen LogP contribution >= 0.6 is 11.6 Å². The van der Waals surface area contributed by atoms with Crippen LogP contribution in [0.2, 0.25) is 5.02 Å². The number of benzene rings is 2. The number of halogens is 2. The largest absolute Gasteiger partial charge is 0.381 e. The summed E-state index contributed by atoms with van der Waals surface area (Å²) in [7, 11) is 1.76. The van der Waals surface area contributed by atoms with Gasteiger partial charge in [0, 0.05) is 43.8 Å². The third-order valence-corrected chi connectivity index (χ3v) is 5.66. The second-order valence-corrected chi connectivity index (χ2v) is 7.51.